The summed E-state index contributed by atoms with van der Waals surface area (Å²) in [5, 5.41) is 0. The fourth-order valence-corrected chi connectivity index (χ4v) is 4.17. The second-order valence-corrected chi connectivity index (χ2v) is 9.45. The van der Waals surface area contributed by atoms with Crippen molar-refractivity contribution in [1.29, 1.82) is 0 Å². The molecule has 176 valence electrons. The van der Waals surface area contributed by atoms with Crippen molar-refractivity contribution in [3.63, 3.8) is 0 Å². The van der Waals surface area contributed by atoms with Gasteiger partial charge in [0.15, 0.2) is 0 Å². The highest BCUT2D eigenvalue weighted by atomic mass is 16.5. The molecule has 2 aromatic carbocycles. The predicted octanol–water partition coefficient (Wildman–Crippen LogP) is 4.01. The molecule has 1 fully saturated rings. The van der Waals surface area contributed by atoms with Crippen LogP contribution in [0.1, 0.15) is 54.1 Å². The van der Waals surface area contributed by atoms with Gasteiger partial charge in [0.05, 0.1) is 13.3 Å². The van der Waals surface area contributed by atoms with Crippen molar-refractivity contribution in [2.75, 3.05) is 20.2 Å². The maximum Gasteiger partial charge on any atom is 0.276 e. The van der Waals surface area contributed by atoms with Crippen LogP contribution in [0.15, 0.2) is 67.1 Å². The van der Waals surface area contributed by atoms with E-state index in [0.717, 1.165) is 16.9 Å². The molecule has 0 saturated carbocycles. The summed E-state index contributed by atoms with van der Waals surface area (Å²) in [6.45, 7) is 6.97. The van der Waals surface area contributed by atoms with Crippen LogP contribution >= 0.6 is 0 Å². The van der Waals surface area contributed by atoms with E-state index in [9.17, 15) is 9.59 Å². The molecule has 2 heterocycles. The van der Waals surface area contributed by atoms with E-state index in [-0.39, 0.29) is 29.5 Å². The Morgan fingerprint density at radius 1 is 1.06 bits per heavy atom. The molecule has 0 radical (unpaired) electrons. The zero-order valence-corrected chi connectivity index (χ0v) is 20.1. The van der Waals surface area contributed by atoms with E-state index in [2.05, 4.69) is 42.9 Å². The van der Waals surface area contributed by atoms with Crippen molar-refractivity contribution in [3.05, 3.63) is 89.5 Å². The maximum absolute atomic E-state index is 13.3. The van der Waals surface area contributed by atoms with Gasteiger partial charge in [-0.2, -0.15) is 0 Å². The number of hydrogen-bond acceptors (Lipinski definition) is 5. The minimum Gasteiger partial charge on any atom is -0.497 e. The van der Waals surface area contributed by atoms with Gasteiger partial charge in [-0.25, -0.2) is 4.98 Å². The SMILES string of the molecule is COc1ccc(CCN2C(=O)CN(C(=O)c3cnccn3)C2c2ccc(C(C)(C)C)cc2)cc1. The van der Waals surface area contributed by atoms with E-state index in [0.29, 0.717) is 13.0 Å². The van der Waals surface area contributed by atoms with Crippen LogP contribution in [0.5, 0.6) is 5.75 Å². The first-order valence-corrected chi connectivity index (χ1v) is 11.4. The molecule has 1 saturated heterocycles. The Morgan fingerprint density at radius 3 is 2.35 bits per heavy atom. The molecule has 0 spiro atoms. The van der Waals surface area contributed by atoms with Crippen LogP contribution in [-0.2, 0) is 16.6 Å². The van der Waals surface area contributed by atoms with Crippen molar-refractivity contribution in [2.24, 2.45) is 0 Å². The summed E-state index contributed by atoms with van der Waals surface area (Å²) in [5.74, 6) is 0.396. The minimum absolute atomic E-state index is 0.00368. The van der Waals surface area contributed by atoms with Crippen molar-refractivity contribution >= 4 is 11.8 Å². The normalized spacial score (nSPS) is 16.1. The van der Waals surface area contributed by atoms with Crippen LogP contribution in [0, 0.1) is 0 Å². The van der Waals surface area contributed by atoms with Gasteiger partial charge in [0.2, 0.25) is 5.91 Å². The average Bonchev–Trinajstić information content (AvgIpc) is 3.18. The first-order chi connectivity index (χ1) is 16.3. The quantitative estimate of drug-likeness (QED) is 0.558. The second kappa shape index (κ2) is 9.63. The lowest BCUT2D eigenvalue weighted by molar-refractivity contribution is -0.128. The summed E-state index contributed by atoms with van der Waals surface area (Å²) in [6.07, 6.45) is 4.61. The van der Waals surface area contributed by atoms with E-state index >= 15 is 0 Å². The number of methoxy groups -OCH3 is 1. The summed E-state index contributed by atoms with van der Waals surface area (Å²) >= 11 is 0. The van der Waals surface area contributed by atoms with Crippen LogP contribution in [0.4, 0.5) is 0 Å². The molecular weight excluding hydrogens is 428 g/mol. The third-order valence-electron chi connectivity index (χ3n) is 6.13. The summed E-state index contributed by atoms with van der Waals surface area (Å²) in [5.41, 5.74) is 3.41. The average molecular weight is 459 g/mol. The number of carbonyl (C=O) groups is 2. The van der Waals surface area contributed by atoms with Crippen LogP contribution < -0.4 is 4.74 Å². The van der Waals surface area contributed by atoms with E-state index in [4.69, 9.17) is 4.74 Å². The predicted molar refractivity (Wildman–Crippen MR) is 129 cm³/mol. The molecule has 1 aromatic heterocycles. The lowest BCUT2D eigenvalue weighted by Crippen LogP contribution is -2.37. The molecule has 1 unspecified atom stereocenters. The molecule has 7 heteroatoms. The fraction of sp³-hybridized carbons (Fsp3) is 0.333. The zero-order chi connectivity index (χ0) is 24.3. The molecule has 1 aliphatic heterocycles. The summed E-state index contributed by atoms with van der Waals surface area (Å²) in [4.78, 5) is 38.0. The second-order valence-electron chi connectivity index (χ2n) is 9.45. The van der Waals surface area contributed by atoms with Crippen molar-refractivity contribution < 1.29 is 14.3 Å². The monoisotopic (exact) mass is 458 g/mol. The van der Waals surface area contributed by atoms with E-state index in [1.54, 1.807) is 16.9 Å². The Kier molecular flexibility index (Phi) is 6.63. The Morgan fingerprint density at radius 2 is 1.76 bits per heavy atom. The largest absolute Gasteiger partial charge is 0.497 e. The number of ether oxygens (including phenoxy) is 1. The molecule has 2 amide bonds. The molecular formula is C27H30N4O3. The number of rotatable bonds is 6. The Bertz CT molecular complexity index is 1140. The highest BCUT2D eigenvalue weighted by molar-refractivity contribution is 5.97. The van der Waals surface area contributed by atoms with Gasteiger partial charge in [-0.3, -0.25) is 14.6 Å². The lowest BCUT2D eigenvalue weighted by atomic mass is 9.86. The summed E-state index contributed by atoms with van der Waals surface area (Å²) in [7, 11) is 1.64. The highest BCUT2D eigenvalue weighted by Crippen LogP contribution is 2.33. The van der Waals surface area contributed by atoms with Crippen LogP contribution in [-0.4, -0.2) is 51.8 Å². The smallest absolute Gasteiger partial charge is 0.276 e. The van der Waals surface area contributed by atoms with Crippen molar-refractivity contribution in [1.82, 2.24) is 19.8 Å². The molecule has 7 nitrogen and oxygen atoms in total. The number of aromatic nitrogens is 2. The molecule has 3 aromatic rings. The third-order valence-corrected chi connectivity index (χ3v) is 6.13. The standard InChI is InChI=1S/C27H30N4O3/c1-27(2,3)21-9-7-20(8-10-21)25-30(16-13-19-5-11-22(34-4)12-6-19)24(32)18-31(25)26(33)23-17-28-14-15-29-23/h5-12,14-15,17,25H,13,16,18H2,1-4H3. The Balaban J connectivity index is 1.64. The van der Waals surface area contributed by atoms with Gasteiger partial charge in [-0.05, 0) is 40.7 Å². The highest BCUT2D eigenvalue weighted by Gasteiger charge is 2.42. The van der Waals surface area contributed by atoms with Crippen molar-refractivity contribution in [3.8, 4) is 5.75 Å². The summed E-state index contributed by atoms with van der Waals surface area (Å²) in [6, 6.07) is 16.0. The molecule has 1 atom stereocenters. The molecule has 34 heavy (non-hydrogen) atoms. The summed E-state index contributed by atoms with van der Waals surface area (Å²) < 4.78 is 5.24. The molecule has 0 N–H and O–H groups in total. The number of benzene rings is 2. The van der Waals surface area contributed by atoms with Gasteiger partial charge in [-0.15, -0.1) is 0 Å². The first kappa shape index (κ1) is 23.4. The number of amides is 2. The third kappa shape index (κ3) is 4.93. The zero-order valence-electron chi connectivity index (χ0n) is 20.1. The van der Waals surface area contributed by atoms with E-state index in [1.807, 2.05) is 36.4 Å². The fourth-order valence-electron chi connectivity index (χ4n) is 4.17. The molecule has 0 bridgehead atoms. The van der Waals surface area contributed by atoms with E-state index < -0.39 is 6.17 Å². The van der Waals surface area contributed by atoms with Gasteiger partial charge in [-0.1, -0.05) is 57.2 Å². The minimum atomic E-state index is -0.505. The van der Waals surface area contributed by atoms with Gasteiger partial charge in [0, 0.05) is 18.9 Å². The number of hydrogen-bond donors (Lipinski definition) is 0. The van der Waals surface area contributed by atoms with Gasteiger partial charge >= 0.3 is 0 Å². The van der Waals surface area contributed by atoms with E-state index in [1.165, 1.54) is 24.2 Å². The Hall–Kier alpha value is -3.74. The first-order valence-electron chi connectivity index (χ1n) is 11.4. The van der Waals surface area contributed by atoms with Crippen molar-refractivity contribution in [2.45, 2.75) is 38.8 Å². The van der Waals surface area contributed by atoms with Gasteiger partial charge in [0.1, 0.15) is 24.2 Å². The van der Waals surface area contributed by atoms with Gasteiger partial charge < -0.3 is 14.5 Å². The molecule has 0 aliphatic carbocycles. The number of nitrogens with zero attached hydrogens (tertiary/aromatic N) is 4. The van der Waals surface area contributed by atoms with Crippen LogP contribution in [0.3, 0.4) is 0 Å². The molecule has 1 aliphatic rings. The maximum atomic E-state index is 13.3. The molecule has 4 rings (SSSR count). The lowest BCUT2D eigenvalue weighted by Gasteiger charge is -2.31. The Labute approximate surface area is 200 Å². The number of carbonyl (C=O) groups excluding carboxylic acids is 2. The van der Waals surface area contributed by atoms with Crippen LogP contribution in [0.2, 0.25) is 0 Å². The van der Waals surface area contributed by atoms with Gasteiger partial charge in [0.25, 0.3) is 5.91 Å². The van der Waals surface area contributed by atoms with Crippen LogP contribution in [0.25, 0.3) is 0 Å². The topological polar surface area (TPSA) is 75.6 Å².